The number of likely N-dealkylation sites (tertiary alicyclic amines) is 1. The van der Waals surface area contributed by atoms with Crippen molar-refractivity contribution >= 4 is 23.8 Å². The van der Waals surface area contributed by atoms with Gasteiger partial charge >= 0.3 is 11.9 Å². The Morgan fingerprint density at radius 1 is 1.26 bits per heavy atom. The van der Waals surface area contributed by atoms with Crippen LogP contribution in [-0.2, 0) is 19.1 Å². The van der Waals surface area contributed by atoms with Gasteiger partial charge in [-0.3, -0.25) is 14.4 Å². The molecule has 0 spiro atoms. The summed E-state index contributed by atoms with van der Waals surface area (Å²) in [5, 5.41) is 12.0. The number of hydrogen-bond acceptors (Lipinski definition) is 5. The van der Waals surface area contributed by atoms with E-state index in [-0.39, 0.29) is 6.42 Å². The number of nitrogens with one attached hydrogen (secondary N) is 1. The number of carboxylic acid groups (broad SMARTS) is 1. The first kappa shape index (κ1) is 20.4. The van der Waals surface area contributed by atoms with Crippen LogP contribution in [-0.4, -0.2) is 59.5 Å². The fourth-order valence-corrected chi connectivity index (χ4v) is 3.19. The van der Waals surface area contributed by atoms with E-state index in [4.69, 9.17) is 0 Å². The van der Waals surface area contributed by atoms with Gasteiger partial charge in [0.15, 0.2) is 0 Å². The Morgan fingerprint density at radius 2 is 1.93 bits per heavy atom. The summed E-state index contributed by atoms with van der Waals surface area (Å²) in [5.74, 6) is -3.11. The summed E-state index contributed by atoms with van der Waals surface area (Å²) in [6.45, 7) is 1.95. The highest BCUT2D eigenvalue weighted by molar-refractivity contribution is 5.98. The van der Waals surface area contributed by atoms with Crippen molar-refractivity contribution in [3.05, 3.63) is 35.9 Å². The van der Waals surface area contributed by atoms with E-state index in [0.717, 1.165) is 0 Å². The Balaban J connectivity index is 2.23. The van der Waals surface area contributed by atoms with Crippen molar-refractivity contribution in [3.63, 3.8) is 0 Å². The first-order valence-electron chi connectivity index (χ1n) is 8.81. The summed E-state index contributed by atoms with van der Waals surface area (Å²) >= 11 is 0. The molecule has 1 unspecified atom stereocenters. The molecule has 1 aliphatic heterocycles. The SMILES string of the molecule is COC(=O)CC(C)[C@H](NC(=O)c1ccccc1)C(=O)N1CCC[C@H]1C(=O)O. The van der Waals surface area contributed by atoms with Crippen LogP contribution in [0.25, 0.3) is 0 Å². The number of esters is 1. The van der Waals surface area contributed by atoms with E-state index in [2.05, 4.69) is 10.1 Å². The average Bonchev–Trinajstić information content (AvgIpc) is 3.16. The fourth-order valence-electron chi connectivity index (χ4n) is 3.19. The van der Waals surface area contributed by atoms with Crippen molar-refractivity contribution in [2.75, 3.05) is 13.7 Å². The molecule has 3 atom stereocenters. The van der Waals surface area contributed by atoms with Gasteiger partial charge in [0.2, 0.25) is 5.91 Å². The van der Waals surface area contributed by atoms with E-state index >= 15 is 0 Å². The molecule has 1 aromatic rings. The standard InChI is InChI=1S/C19H24N2O6/c1-12(11-15(22)27-2)16(20-17(23)13-7-4-3-5-8-13)18(24)21-10-6-9-14(21)19(25)26/h3-5,7-8,12,14,16H,6,9-11H2,1-2H3,(H,20,23)(H,25,26)/t12?,14-,16-/m0/s1. The van der Waals surface area contributed by atoms with E-state index in [1.54, 1.807) is 37.3 Å². The van der Waals surface area contributed by atoms with Gasteiger partial charge in [-0.1, -0.05) is 25.1 Å². The first-order valence-corrected chi connectivity index (χ1v) is 8.81. The Morgan fingerprint density at radius 3 is 2.52 bits per heavy atom. The molecule has 1 fully saturated rings. The molecule has 8 heteroatoms. The second kappa shape index (κ2) is 9.16. The lowest BCUT2D eigenvalue weighted by atomic mass is 9.96. The third kappa shape index (κ3) is 5.06. The maximum absolute atomic E-state index is 13.0. The van der Waals surface area contributed by atoms with Crippen LogP contribution in [0.1, 0.15) is 36.5 Å². The predicted octanol–water partition coefficient (Wildman–Crippen LogP) is 1.06. The monoisotopic (exact) mass is 376 g/mol. The van der Waals surface area contributed by atoms with E-state index < -0.39 is 41.8 Å². The van der Waals surface area contributed by atoms with E-state index in [1.807, 2.05) is 0 Å². The number of aliphatic carboxylic acids is 1. The molecule has 2 N–H and O–H groups in total. The van der Waals surface area contributed by atoms with Gasteiger partial charge in [-0.25, -0.2) is 4.79 Å². The third-order valence-electron chi connectivity index (χ3n) is 4.69. The van der Waals surface area contributed by atoms with Gasteiger partial charge in [0.25, 0.3) is 5.91 Å². The zero-order valence-electron chi connectivity index (χ0n) is 15.4. The molecule has 0 aromatic heterocycles. The zero-order valence-corrected chi connectivity index (χ0v) is 15.4. The number of rotatable bonds is 7. The largest absolute Gasteiger partial charge is 0.480 e. The minimum Gasteiger partial charge on any atom is -0.480 e. The quantitative estimate of drug-likeness (QED) is 0.688. The topological polar surface area (TPSA) is 113 Å². The van der Waals surface area contributed by atoms with Gasteiger partial charge in [-0.05, 0) is 30.9 Å². The van der Waals surface area contributed by atoms with Gasteiger partial charge < -0.3 is 20.1 Å². The van der Waals surface area contributed by atoms with Gasteiger partial charge in [0, 0.05) is 12.1 Å². The minimum atomic E-state index is -1.07. The number of hydrogen-bond donors (Lipinski definition) is 2. The van der Waals surface area contributed by atoms with Crippen molar-refractivity contribution in [3.8, 4) is 0 Å². The Kier molecular flexibility index (Phi) is 6.92. The van der Waals surface area contributed by atoms with Crippen LogP contribution < -0.4 is 5.32 Å². The predicted molar refractivity (Wildman–Crippen MR) is 95.9 cm³/mol. The second-order valence-electron chi connectivity index (χ2n) is 6.60. The smallest absolute Gasteiger partial charge is 0.326 e. The van der Waals surface area contributed by atoms with Crippen molar-refractivity contribution in [2.45, 2.75) is 38.3 Å². The van der Waals surface area contributed by atoms with Gasteiger partial charge in [0.1, 0.15) is 12.1 Å². The summed E-state index contributed by atoms with van der Waals surface area (Å²) in [4.78, 5) is 49.9. The van der Waals surface area contributed by atoms with Crippen LogP contribution in [0, 0.1) is 5.92 Å². The lowest BCUT2D eigenvalue weighted by Crippen LogP contribution is -2.54. The normalized spacial score (nSPS) is 18.4. The highest BCUT2D eigenvalue weighted by Crippen LogP contribution is 2.22. The van der Waals surface area contributed by atoms with Crippen LogP contribution >= 0.6 is 0 Å². The number of carbonyl (C=O) groups is 4. The Bertz CT molecular complexity index is 705. The summed E-state index contributed by atoms with van der Waals surface area (Å²) in [6, 6.07) is 6.43. The number of carbonyl (C=O) groups excluding carboxylic acids is 3. The van der Waals surface area contributed by atoms with Crippen LogP contribution in [0.15, 0.2) is 30.3 Å². The molecule has 0 radical (unpaired) electrons. The van der Waals surface area contributed by atoms with Crippen molar-refractivity contribution < 1.29 is 29.0 Å². The summed E-state index contributed by atoms with van der Waals surface area (Å²) < 4.78 is 4.65. The van der Waals surface area contributed by atoms with Gasteiger partial charge in [-0.2, -0.15) is 0 Å². The molecule has 2 amide bonds. The highest BCUT2D eigenvalue weighted by atomic mass is 16.5. The van der Waals surface area contributed by atoms with E-state index in [0.29, 0.717) is 24.9 Å². The van der Waals surface area contributed by atoms with Crippen LogP contribution in [0.4, 0.5) is 0 Å². The van der Waals surface area contributed by atoms with Crippen LogP contribution in [0.5, 0.6) is 0 Å². The first-order chi connectivity index (χ1) is 12.8. The fraction of sp³-hybridized carbons (Fsp3) is 0.474. The number of amides is 2. The Hall–Kier alpha value is -2.90. The molecule has 146 valence electrons. The lowest BCUT2D eigenvalue weighted by Gasteiger charge is -2.30. The molecule has 0 aliphatic carbocycles. The number of benzene rings is 1. The highest BCUT2D eigenvalue weighted by Gasteiger charge is 2.40. The maximum atomic E-state index is 13.0. The summed E-state index contributed by atoms with van der Waals surface area (Å²) in [7, 11) is 1.25. The molecule has 1 aromatic carbocycles. The van der Waals surface area contributed by atoms with E-state index in [9.17, 15) is 24.3 Å². The van der Waals surface area contributed by atoms with Crippen molar-refractivity contribution in [2.24, 2.45) is 5.92 Å². The van der Waals surface area contributed by atoms with Gasteiger partial charge in [0.05, 0.1) is 13.5 Å². The summed E-state index contributed by atoms with van der Waals surface area (Å²) in [6.07, 6.45) is 0.868. The molecular formula is C19H24N2O6. The van der Waals surface area contributed by atoms with Gasteiger partial charge in [-0.15, -0.1) is 0 Å². The average molecular weight is 376 g/mol. The molecule has 0 saturated carbocycles. The third-order valence-corrected chi connectivity index (χ3v) is 4.69. The Labute approximate surface area is 157 Å². The number of carboxylic acids is 1. The molecule has 1 aliphatic rings. The molecular weight excluding hydrogens is 352 g/mol. The lowest BCUT2D eigenvalue weighted by molar-refractivity contribution is -0.150. The summed E-state index contributed by atoms with van der Waals surface area (Å²) in [5.41, 5.74) is 0.372. The number of ether oxygens (including phenoxy) is 1. The van der Waals surface area contributed by atoms with E-state index in [1.165, 1.54) is 12.0 Å². The second-order valence-corrected chi connectivity index (χ2v) is 6.60. The minimum absolute atomic E-state index is 0.0758. The molecule has 1 heterocycles. The zero-order chi connectivity index (χ0) is 20.0. The number of methoxy groups -OCH3 is 1. The number of nitrogens with zero attached hydrogens (tertiary/aromatic N) is 1. The molecule has 0 bridgehead atoms. The molecule has 27 heavy (non-hydrogen) atoms. The maximum Gasteiger partial charge on any atom is 0.326 e. The van der Waals surface area contributed by atoms with Crippen molar-refractivity contribution in [1.29, 1.82) is 0 Å². The van der Waals surface area contributed by atoms with Crippen molar-refractivity contribution in [1.82, 2.24) is 10.2 Å². The van der Waals surface area contributed by atoms with Crippen LogP contribution in [0.3, 0.4) is 0 Å². The molecule has 8 nitrogen and oxygen atoms in total. The van der Waals surface area contributed by atoms with Crippen LogP contribution in [0.2, 0.25) is 0 Å². The molecule has 1 saturated heterocycles. The molecule has 2 rings (SSSR count).